The number of fused-ring (bicyclic) bond motifs is 1. The third-order valence-electron chi connectivity index (χ3n) is 4.75. The molecule has 0 aliphatic heterocycles. The number of carbonyl (C=O) groups is 1. The van der Waals surface area contributed by atoms with Crippen molar-refractivity contribution in [1.82, 2.24) is 19.2 Å². The Bertz CT molecular complexity index is 999. The quantitative estimate of drug-likeness (QED) is 0.743. The van der Waals surface area contributed by atoms with Crippen LogP contribution in [0.2, 0.25) is 0 Å². The van der Waals surface area contributed by atoms with E-state index < -0.39 is 10.0 Å². The molecule has 0 atom stereocenters. The van der Waals surface area contributed by atoms with Crippen molar-refractivity contribution in [2.24, 2.45) is 12.5 Å². The molecule has 0 spiro atoms. The molecule has 0 saturated carbocycles. The second-order valence-corrected chi connectivity index (χ2v) is 11.8. The van der Waals surface area contributed by atoms with Crippen LogP contribution in [-0.2, 0) is 28.3 Å². The van der Waals surface area contributed by atoms with E-state index in [0.717, 1.165) is 17.8 Å². The zero-order valence-electron chi connectivity index (χ0n) is 18.8. The van der Waals surface area contributed by atoms with Gasteiger partial charge in [0.2, 0.25) is 15.9 Å². The van der Waals surface area contributed by atoms with Crippen molar-refractivity contribution in [3.05, 3.63) is 24.0 Å². The van der Waals surface area contributed by atoms with Crippen molar-refractivity contribution in [3.63, 3.8) is 0 Å². The van der Waals surface area contributed by atoms with Crippen LogP contribution in [0, 0.1) is 5.41 Å². The van der Waals surface area contributed by atoms with Crippen LogP contribution in [0.15, 0.2) is 23.1 Å². The minimum absolute atomic E-state index is 0.0119. The van der Waals surface area contributed by atoms with Gasteiger partial charge in [0.1, 0.15) is 5.82 Å². The number of aryl methyl sites for hydroxylation is 2. The summed E-state index contributed by atoms with van der Waals surface area (Å²) in [7, 11) is 1.37. The van der Waals surface area contributed by atoms with Crippen LogP contribution in [0.1, 0.15) is 53.3 Å². The van der Waals surface area contributed by atoms with E-state index in [2.05, 4.69) is 31.1 Å². The molecule has 8 heteroatoms. The van der Waals surface area contributed by atoms with Gasteiger partial charge in [0.15, 0.2) is 0 Å². The van der Waals surface area contributed by atoms with Gasteiger partial charge in [-0.05, 0) is 43.9 Å². The Hall–Kier alpha value is -1.93. The van der Waals surface area contributed by atoms with Crippen LogP contribution in [0.3, 0.4) is 0 Å². The van der Waals surface area contributed by atoms with Crippen LogP contribution in [0.4, 0.5) is 0 Å². The van der Waals surface area contributed by atoms with Gasteiger partial charge in [0.25, 0.3) is 0 Å². The summed E-state index contributed by atoms with van der Waals surface area (Å²) in [6.07, 6.45) is 1.69. The summed E-state index contributed by atoms with van der Waals surface area (Å²) < 4.78 is 27.8. The first kappa shape index (κ1) is 23.3. The molecule has 7 nitrogen and oxygen atoms in total. The van der Waals surface area contributed by atoms with Crippen molar-refractivity contribution in [2.75, 3.05) is 14.1 Å². The smallest absolute Gasteiger partial charge is 0.242 e. The average Bonchev–Trinajstić information content (AvgIpc) is 2.85. The number of aromatic nitrogens is 2. The molecule has 0 aliphatic rings. The van der Waals surface area contributed by atoms with Gasteiger partial charge in [-0.15, -0.1) is 0 Å². The van der Waals surface area contributed by atoms with Crippen LogP contribution >= 0.6 is 0 Å². The Balaban J connectivity index is 2.15. The Kier molecular flexibility index (Phi) is 6.49. The molecular formula is C21H34N4O3S. The molecule has 0 aliphatic carbocycles. The van der Waals surface area contributed by atoms with Gasteiger partial charge in [-0.25, -0.2) is 17.7 Å². The predicted molar refractivity (Wildman–Crippen MR) is 116 cm³/mol. The zero-order valence-corrected chi connectivity index (χ0v) is 19.6. The molecule has 1 aromatic heterocycles. The summed E-state index contributed by atoms with van der Waals surface area (Å²) in [6.45, 7) is 10.6. The average molecular weight is 423 g/mol. The molecule has 0 radical (unpaired) electrons. The van der Waals surface area contributed by atoms with Crippen LogP contribution < -0.4 is 5.32 Å². The van der Waals surface area contributed by atoms with E-state index >= 15 is 0 Å². The van der Waals surface area contributed by atoms with Crippen LogP contribution in [0.25, 0.3) is 11.0 Å². The summed E-state index contributed by atoms with van der Waals surface area (Å²) in [6, 6.07) is 4.93. The van der Waals surface area contributed by atoms with E-state index in [1.165, 1.54) is 18.4 Å². The van der Waals surface area contributed by atoms with Gasteiger partial charge in [-0.1, -0.05) is 20.8 Å². The van der Waals surface area contributed by atoms with Crippen LogP contribution in [0.5, 0.6) is 0 Å². The normalized spacial score (nSPS) is 13.3. The Morgan fingerprint density at radius 2 is 1.79 bits per heavy atom. The molecule has 0 unspecified atom stereocenters. The lowest BCUT2D eigenvalue weighted by molar-refractivity contribution is -0.122. The summed E-state index contributed by atoms with van der Waals surface area (Å²) in [5.41, 5.74) is 1.29. The first-order chi connectivity index (χ1) is 13.1. The van der Waals surface area contributed by atoms with E-state index in [1.807, 2.05) is 25.5 Å². The number of amides is 1. The molecule has 1 heterocycles. The Labute approximate surface area is 174 Å². The van der Waals surface area contributed by atoms with E-state index in [1.54, 1.807) is 18.2 Å². The molecule has 29 heavy (non-hydrogen) atoms. The van der Waals surface area contributed by atoms with Crippen molar-refractivity contribution >= 4 is 27.0 Å². The first-order valence-electron chi connectivity index (χ1n) is 9.81. The number of rotatable bonds is 7. The number of nitrogens with one attached hydrogen (secondary N) is 1. The van der Waals surface area contributed by atoms with Gasteiger partial charge in [-0.3, -0.25) is 4.79 Å². The maximum atomic E-state index is 12.5. The van der Waals surface area contributed by atoms with E-state index in [-0.39, 0.29) is 21.8 Å². The lowest BCUT2D eigenvalue weighted by Gasteiger charge is -2.33. The molecule has 1 aromatic carbocycles. The highest BCUT2D eigenvalue weighted by Gasteiger charge is 2.27. The minimum atomic E-state index is -3.51. The number of imidazole rings is 1. The number of carbonyl (C=O) groups excluding carboxylic acids is 1. The van der Waals surface area contributed by atoms with Crippen molar-refractivity contribution in [2.45, 2.75) is 64.3 Å². The Morgan fingerprint density at radius 1 is 1.17 bits per heavy atom. The van der Waals surface area contributed by atoms with E-state index in [9.17, 15) is 13.2 Å². The molecule has 162 valence electrons. The first-order valence-corrected chi connectivity index (χ1v) is 11.3. The SMILES string of the molecule is CN(C)S(=O)(=O)c1ccc2c(c1)nc(CCC(=O)NC(C)(C)CC(C)(C)C)n2C. The number of hydrogen-bond acceptors (Lipinski definition) is 4. The summed E-state index contributed by atoms with van der Waals surface area (Å²) in [5.74, 6) is 0.741. The van der Waals surface area contributed by atoms with E-state index in [0.29, 0.717) is 18.4 Å². The topological polar surface area (TPSA) is 84.3 Å². The van der Waals surface area contributed by atoms with Gasteiger partial charge in [0.05, 0.1) is 15.9 Å². The summed E-state index contributed by atoms with van der Waals surface area (Å²) >= 11 is 0. The third kappa shape index (κ3) is 5.79. The fourth-order valence-electron chi connectivity index (χ4n) is 3.86. The lowest BCUT2D eigenvalue weighted by Crippen LogP contribution is -2.45. The fraction of sp³-hybridized carbons (Fsp3) is 0.619. The second kappa shape index (κ2) is 8.07. The second-order valence-electron chi connectivity index (χ2n) is 9.69. The van der Waals surface area contributed by atoms with Crippen molar-refractivity contribution in [3.8, 4) is 0 Å². The van der Waals surface area contributed by atoms with Gasteiger partial charge < -0.3 is 9.88 Å². The molecule has 1 N–H and O–H groups in total. The zero-order chi connectivity index (χ0) is 22.2. The summed E-state index contributed by atoms with van der Waals surface area (Å²) in [4.78, 5) is 17.3. The van der Waals surface area contributed by atoms with Crippen molar-refractivity contribution < 1.29 is 13.2 Å². The molecule has 2 aromatic rings. The monoisotopic (exact) mass is 422 g/mol. The Morgan fingerprint density at radius 3 is 2.34 bits per heavy atom. The molecule has 0 fully saturated rings. The number of sulfonamides is 1. The largest absolute Gasteiger partial charge is 0.351 e. The lowest BCUT2D eigenvalue weighted by atomic mass is 9.82. The van der Waals surface area contributed by atoms with Crippen molar-refractivity contribution in [1.29, 1.82) is 0 Å². The highest BCUT2D eigenvalue weighted by molar-refractivity contribution is 7.89. The van der Waals surface area contributed by atoms with Crippen LogP contribution in [-0.4, -0.2) is 47.8 Å². The molecule has 0 bridgehead atoms. The highest BCUT2D eigenvalue weighted by Crippen LogP contribution is 2.27. The predicted octanol–water partition coefficient (Wildman–Crippen LogP) is 3.09. The number of hydrogen-bond donors (Lipinski definition) is 1. The highest BCUT2D eigenvalue weighted by atomic mass is 32.2. The van der Waals surface area contributed by atoms with Gasteiger partial charge in [-0.2, -0.15) is 0 Å². The third-order valence-corrected chi connectivity index (χ3v) is 6.56. The molecular weight excluding hydrogens is 388 g/mol. The molecule has 2 rings (SSSR count). The number of benzene rings is 1. The van der Waals surface area contributed by atoms with Gasteiger partial charge in [0, 0.05) is 39.5 Å². The molecule has 0 saturated heterocycles. The molecule has 1 amide bonds. The number of nitrogens with zero attached hydrogens (tertiary/aromatic N) is 3. The summed E-state index contributed by atoms with van der Waals surface area (Å²) in [5, 5.41) is 3.12. The fourth-order valence-corrected chi connectivity index (χ4v) is 4.78. The standard InChI is InChI=1S/C21H34N4O3S/c1-20(2,3)14-21(4,5)23-19(26)12-11-18-22-16-13-15(29(27,28)24(6)7)9-10-17(16)25(18)8/h9-10,13H,11-12,14H2,1-8H3,(H,23,26). The van der Waals surface area contributed by atoms with E-state index in [4.69, 9.17) is 0 Å². The maximum Gasteiger partial charge on any atom is 0.242 e. The minimum Gasteiger partial charge on any atom is -0.351 e. The van der Waals surface area contributed by atoms with Gasteiger partial charge >= 0.3 is 0 Å². The maximum absolute atomic E-state index is 12.5.